The maximum absolute atomic E-state index is 12.2. The monoisotopic (exact) mass is 211 g/mol. The fourth-order valence-corrected chi connectivity index (χ4v) is 0.519. The molecule has 0 aliphatic rings. The van der Waals surface area contributed by atoms with E-state index in [0.29, 0.717) is 0 Å². The Morgan fingerprint density at radius 1 is 1.00 bits per heavy atom. The molecule has 0 heterocycles. The van der Waals surface area contributed by atoms with Gasteiger partial charge in [-0.1, -0.05) is 0 Å². The van der Waals surface area contributed by atoms with Crippen molar-refractivity contribution in [1.29, 1.82) is 0 Å². The van der Waals surface area contributed by atoms with Crippen molar-refractivity contribution < 1.29 is 30.7 Å². The minimum absolute atomic E-state index is 1.50. The quantitative estimate of drug-likeness (QED) is 0.627. The molecule has 0 amide bonds. The third-order valence-electron chi connectivity index (χ3n) is 1.33. The molecule has 0 N–H and O–H groups in total. The zero-order valence-corrected chi connectivity index (χ0v) is 6.21. The van der Waals surface area contributed by atoms with E-state index in [-0.39, 0.29) is 0 Å². The van der Waals surface area contributed by atoms with E-state index in [1.807, 2.05) is 0 Å². The molecule has 0 nitrogen and oxygen atoms in total. The minimum atomic E-state index is -5.35. The normalized spacial score (nSPS) is 16.4. The van der Waals surface area contributed by atoms with E-state index in [0.717, 1.165) is 0 Å². The third-order valence-corrected chi connectivity index (χ3v) is 1.33. The first-order valence-corrected chi connectivity index (χ1v) is 3.13. The Bertz CT molecular complexity index is 164. The summed E-state index contributed by atoms with van der Waals surface area (Å²) in [6, 6.07) is 0. The van der Waals surface area contributed by atoms with Crippen molar-refractivity contribution in [3.63, 3.8) is 0 Å². The molecule has 0 fully saturated rings. The highest BCUT2D eigenvalue weighted by atomic mass is 19.3. The van der Waals surface area contributed by atoms with Crippen LogP contribution in [0.4, 0.5) is 30.7 Å². The van der Waals surface area contributed by atoms with Crippen molar-refractivity contribution in [2.75, 3.05) is 0 Å². The molecule has 0 aliphatic carbocycles. The molecule has 79 valence electrons. The highest BCUT2D eigenvalue weighted by Gasteiger charge is 2.60. The Hall–Kier alpha value is -0.490. The molecule has 0 aromatic carbocycles. The Labute approximate surface area is 69.7 Å². The summed E-state index contributed by atoms with van der Waals surface area (Å²) in [5.74, 6) is -9.89. The molecule has 0 spiro atoms. The lowest BCUT2D eigenvalue weighted by molar-refractivity contribution is -0.230. The van der Waals surface area contributed by atoms with E-state index < -0.39 is 30.9 Å². The van der Waals surface area contributed by atoms with E-state index in [2.05, 4.69) is 6.92 Å². The molecule has 0 rings (SSSR count). The van der Waals surface area contributed by atoms with Crippen LogP contribution in [-0.4, -0.2) is 24.4 Å². The Morgan fingerprint density at radius 2 is 1.38 bits per heavy atom. The lowest BCUT2D eigenvalue weighted by atomic mass is 10.1. The summed E-state index contributed by atoms with van der Waals surface area (Å²) in [7, 11) is 0. The zero-order chi connectivity index (χ0) is 10.9. The molecule has 0 aliphatic heterocycles. The van der Waals surface area contributed by atoms with Crippen LogP contribution in [0.15, 0.2) is 0 Å². The summed E-state index contributed by atoms with van der Waals surface area (Å²) in [6.07, 6.45) is -10.2. The second-order valence-corrected chi connectivity index (χ2v) is 2.35. The molecule has 0 saturated heterocycles. The number of rotatable bonds is 4. The molecule has 1 atom stereocenters. The molecule has 1 radical (unpaired) electrons. The summed E-state index contributed by atoms with van der Waals surface area (Å²) in [5.41, 5.74) is 0. The standard InChI is InChI=1S/C6H6F7/c1-2-5(10,11)3(7)6(12,13)4(8)9/h3-4H,1-2H2/t3-/m0/s1. The van der Waals surface area contributed by atoms with Crippen LogP contribution in [0.3, 0.4) is 0 Å². The van der Waals surface area contributed by atoms with Crippen molar-refractivity contribution in [3.05, 3.63) is 6.92 Å². The van der Waals surface area contributed by atoms with Gasteiger partial charge < -0.3 is 0 Å². The Morgan fingerprint density at radius 3 is 1.62 bits per heavy atom. The van der Waals surface area contributed by atoms with Crippen LogP contribution in [0, 0.1) is 6.92 Å². The molecule has 13 heavy (non-hydrogen) atoms. The SMILES string of the molecule is [CH2]CC(F)(F)[C@H](F)C(F)(F)C(F)F. The summed E-state index contributed by atoms with van der Waals surface area (Å²) >= 11 is 0. The lowest BCUT2D eigenvalue weighted by Gasteiger charge is -2.25. The molecular formula is C6H6F7. The summed E-state index contributed by atoms with van der Waals surface area (Å²) in [5, 5.41) is 0. The Kier molecular flexibility index (Phi) is 3.57. The number of halogens is 7. The smallest absolute Gasteiger partial charge is 0.234 e. The van der Waals surface area contributed by atoms with Gasteiger partial charge in [0.05, 0.1) is 0 Å². The van der Waals surface area contributed by atoms with Crippen molar-refractivity contribution in [2.24, 2.45) is 0 Å². The largest absolute Gasteiger partial charge is 0.343 e. The van der Waals surface area contributed by atoms with Crippen molar-refractivity contribution in [3.8, 4) is 0 Å². The van der Waals surface area contributed by atoms with Gasteiger partial charge in [0, 0.05) is 6.42 Å². The van der Waals surface area contributed by atoms with Gasteiger partial charge in [0.25, 0.3) is 5.92 Å². The van der Waals surface area contributed by atoms with Gasteiger partial charge in [0.2, 0.25) is 6.17 Å². The summed E-state index contributed by atoms with van der Waals surface area (Å²) in [4.78, 5) is 0. The van der Waals surface area contributed by atoms with Crippen molar-refractivity contribution in [2.45, 2.75) is 30.9 Å². The summed E-state index contributed by atoms with van der Waals surface area (Å²) in [6.45, 7) is 2.48. The van der Waals surface area contributed by atoms with Gasteiger partial charge in [-0.15, -0.1) is 0 Å². The van der Waals surface area contributed by atoms with Gasteiger partial charge in [-0.25, -0.2) is 22.0 Å². The average Bonchev–Trinajstić information content (AvgIpc) is 2.02. The van der Waals surface area contributed by atoms with Crippen LogP contribution in [0.5, 0.6) is 0 Å². The average molecular weight is 211 g/mol. The van der Waals surface area contributed by atoms with E-state index >= 15 is 0 Å². The first-order valence-electron chi connectivity index (χ1n) is 3.13. The number of alkyl halides is 7. The first kappa shape index (κ1) is 12.5. The van der Waals surface area contributed by atoms with Crippen LogP contribution < -0.4 is 0 Å². The highest BCUT2D eigenvalue weighted by Crippen LogP contribution is 2.39. The van der Waals surface area contributed by atoms with E-state index in [9.17, 15) is 30.7 Å². The molecule has 0 unspecified atom stereocenters. The molecule has 7 heteroatoms. The van der Waals surface area contributed by atoms with Crippen LogP contribution in [0.25, 0.3) is 0 Å². The van der Waals surface area contributed by atoms with Crippen LogP contribution in [0.1, 0.15) is 6.42 Å². The third kappa shape index (κ3) is 2.47. The molecule has 0 aromatic heterocycles. The van der Waals surface area contributed by atoms with E-state index in [4.69, 9.17) is 0 Å². The van der Waals surface area contributed by atoms with Crippen LogP contribution in [-0.2, 0) is 0 Å². The predicted molar refractivity (Wildman–Crippen MR) is 30.8 cm³/mol. The van der Waals surface area contributed by atoms with Crippen LogP contribution in [0.2, 0.25) is 0 Å². The van der Waals surface area contributed by atoms with Gasteiger partial charge >= 0.3 is 12.3 Å². The predicted octanol–water partition coefficient (Wildman–Crippen LogP) is 3.08. The van der Waals surface area contributed by atoms with Gasteiger partial charge in [0.1, 0.15) is 0 Å². The fourth-order valence-electron chi connectivity index (χ4n) is 0.519. The maximum atomic E-state index is 12.2. The molecule has 0 saturated carbocycles. The maximum Gasteiger partial charge on any atom is 0.343 e. The molecular weight excluding hydrogens is 205 g/mol. The topological polar surface area (TPSA) is 0 Å². The molecule has 0 bridgehead atoms. The minimum Gasteiger partial charge on any atom is -0.234 e. The van der Waals surface area contributed by atoms with Crippen molar-refractivity contribution in [1.82, 2.24) is 0 Å². The fraction of sp³-hybridized carbons (Fsp3) is 0.833. The molecule has 0 aromatic rings. The highest BCUT2D eigenvalue weighted by molar-refractivity contribution is 4.90. The second-order valence-electron chi connectivity index (χ2n) is 2.35. The lowest BCUT2D eigenvalue weighted by Crippen LogP contribution is -2.48. The number of hydrogen-bond acceptors (Lipinski definition) is 0. The second kappa shape index (κ2) is 3.71. The van der Waals surface area contributed by atoms with Crippen molar-refractivity contribution >= 4 is 0 Å². The van der Waals surface area contributed by atoms with Gasteiger partial charge in [-0.3, -0.25) is 0 Å². The van der Waals surface area contributed by atoms with E-state index in [1.165, 1.54) is 0 Å². The van der Waals surface area contributed by atoms with Gasteiger partial charge in [-0.2, -0.15) is 8.78 Å². The summed E-state index contributed by atoms with van der Waals surface area (Å²) < 4.78 is 83.2. The Balaban J connectivity index is 4.67. The number of hydrogen-bond donors (Lipinski definition) is 0. The van der Waals surface area contributed by atoms with Gasteiger partial charge in [0.15, 0.2) is 0 Å². The van der Waals surface area contributed by atoms with Crippen LogP contribution >= 0.6 is 0 Å². The van der Waals surface area contributed by atoms with Gasteiger partial charge in [-0.05, 0) is 6.92 Å². The first-order chi connectivity index (χ1) is 5.66. The van der Waals surface area contributed by atoms with E-state index in [1.54, 1.807) is 0 Å². The zero-order valence-electron chi connectivity index (χ0n) is 6.21.